The summed E-state index contributed by atoms with van der Waals surface area (Å²) in [4.78, 5) is 17.0. The van der Waals surface area contributed by atoms with Crippen molar-refractivity contribution in [1.29, 1.82) is 0 Å². The van der Waals surface area contributed by atoms with Crippen LogP contribution in [0.1, 0.15) is 26.1 Å². The van der Waals surface area contributed by atoms with Crippen molar-refractivity contribution in [1.82, 2.24) is 29.8 Å². The van der Waals surface area contributed by atoms with Gasteiger partial charge in [0.05, 0.1) is 11.3 Å². The van der Waals surface area contributed by atoms with Crippen LogP contribution < -0.4 is 5.56 Å². The SMILES string of the molecule is CCCn1nnnc1CSc1nc2ccsc2c(=O)n1CC. The molecule has 3 rings (SSSR count). The van der Waals surface area contributed by atoms with Crippen molar-refractivity contribution in [2.75, 3.05) is 0 Å². The molecule has 0 unspecified atom stereocenters. The smallest absolute Gasteiger partial charge is 0.272 e. The molecule has 22 heavy (non-hydrogen) atoms. The van der Waals surface area contributed by atoms with E-state index >= 15 is 0 Å². The molecule has 0 aliphatic carbocycles. The average molecular weight is 336 g/mol. The van der Waals surface area contributed by atoms with Crippen molar-refractivity contribution in [2.24, 2.45) is 0 Å². The third-order valence-electron chi connectivity index (χ3n) is 3.22. The van der Waals surface area contributed by atoms with Gasteiger partial charge >= 0.3 is 0 Å². The number of aryl methyl sites for hydroxylation is 1. The Bertz CT molecular complexity index is 837. The molecule has 0 atom stereocenters. The number of thiophene rings is 1. The summed E-state index contributed by atoms with van der Waals surface area (Å²) in [6.45, 7) is 5.43. The number of fused-ring (bicyclic) bond motifs is 1. The monoisotopic (exact) mass is 336 g/mol. The van der Waals surface area contributed by atoms with Gasteiger partial charge in [-0.25, -0.2) is 9.67 Å². The molecule has 0 N–H and O–H groups in total. The first-order chi connectivity index (χ1) is 10.7. The summed E-state index contributed by atoms with van der Waals surface area (Å²) in [6, 6.07) is 1.88. The van der Waals surface area contributed by atoms with Gasteiger partial charge in [0.15, 0.2) is 11.0 Å². The van der Waals surface area contributed by atoms with Crippen LogP contribution in [-0.2, 0) is 18.8 Å². The molecule has 0 saturated carbocycles. The molecule has 0 saturated heterocycles. The summed E-state index contributed by atoms with van der Waals surface area (Å²) in [5.41, 5.74) is 0.786. The van der Waals surface area contributed by atoms with E-state index in [1.165, 1.54) is 23.1 Å². The molecule has 0 amide bonds. The number of tetrazole rings is 1. The molecule has 0 aliphatic rings. The van der Waals surface area contributed by atoms with Crippen molar-refractivity contribution in [3.05, 3.63) is 27.6 Å². The normalized spacial score (nSPS) is 11.4. The van der Waals surface area contributed by atoms with E-state index in [1.54, 1.807) is 9.25 Å². The van der Waals surface area contributed by atoms with Gasteiger partial charge in [-0.3, -0.25) is 9.36 Å². The van der Waals surface area contributed by atoms with Gasteiger partial charge in [-0.15, -0.1) is 16.4 Å². The molecule has 9 heteroatoms. The maximum Gasteiger partial charge on any atom is 0.272 e. The highest BCUT2D eigenvalue weighted by Gasteiger charge is 2.13. The first kappa shape index (κ1) is 15.2. The van der Waals surface area contributed by atoms with Crippen LogP contribution in [0.25, 0.3) is 10.2 Å². The van der Waals surface area contributed by atoms with E-state index in [2.05, 4.69) is 27.4 Å². The van der Waals surface area contributed by atoms with E-state index < -0.39 is 0 Å². The highest BCUT2D eigenvalue weighted by molar-refractivity contribution is 7.98. The highest BCUT2D eigenvalue weighted by atomic mass is 32.2. The van der Waals surface area contributed by atoms with Crippen molar-refractivity contribution < 1.29 is 0 Å². The Morgan fingerprint density at radius 1 is 1.36 bits per heavy atom. The predicted molar refractivity (Wildman–Crippen MR) is 87.2 cm³/mol. The quantitative estimate of drug-likeness (QED) is 0.507. The molecule has 0 aromatic carbocycles. The first-order valence-corrected chi connectivity index (χ1v) is 8.97. The van der Waals surface area contributed by atoms with Crippen LogP contribution in [0.5, 0.6) is 0 Å². The maximum absolute atomic E-state index is 12.4. The topological polar surface area (TPSA) is 78.5 Å². The van der Waals surface area contributed by atoms with E-state index in [9.17, 15) is 4.79 Å². The number of hydrogen-bond donors (Lipinski definition) is 0. The molecule has 3 heterocycles. The second-order valence-corrected chi connectivity index (χ2v) is 6.54. The van der Waals surface area contributed by atoms with Crippen LogP contribution in [0, 0.1) is 0 Å². The van der Waals surface area contributed by atoms with Crippen LogP contribution >= 0.6 is 23.1 Å². The second-order valence-electron chi connectivity index (χ2n) is 4.69. The lowest BCUT2D eigenvalue weighted by Crippen LogP contribution is -2.21. The van der Waals surface area contributed by atoms with Crippen molar-refractivity contribution >= 4 is 33.3 Å². The van der Waals surface area contributed by atoms with Crippen LogP contribution in [0.3, 0.4) is 0 Å². The number of aromatic nitrogens is 6. The zero-order valence-electron chi connectivity index (χ0n) is 12.4. The van der Waals surface area contributed by atoms with Gasteiger partial charge < -0.3 is 0 Å². The number of hydrogen-bond acceptors (Lipinski definition) is 7. The van der Waals surface area contributed by atoms with E-state index in [0.717, 1.165) is 24.3 Å². The molecule has 0 spiro atoms. The standard InChI is InChI=1S/C13H16N6OS2/c1-3-6-19-10(15-16-17-19)8-22-13-14-9-5-7-21-11(9)12(20)18(13)4-2/h5,7H,3-4,6,8H2,1-2H3. The molecule has 3 aromatic rings. The summed E-state index contributed by atoms with van der Waals surface area (Å²) < 4.78 is 4.21. The molecule has 0 bridgehead atoms. The highest BCUT2D eigenvalue weighted by Crippen LogP contribution is 2.23. The van der Waals surface area contributed by atoms with Gasteiger partial charge in [-0.05, 0) is 35.2 Å². The Morgan fingerprint density at radius 2 is 2.23 bits per heavy atom. The van der Waals surface area contributed by atoms with E-state index in [0.29, 0.717) is 22.2 Å². The van der Waals surface area contributed by atoms with E-state index in [1.807, 2.05) is 18.4 Å². The summed E-state index contributed by atoms with van der Waals surface area (Å²) in [5, 5.41) is 14.4. The Labute approximate surface area is 135 Å². The van der Waals surface area contributed by atoms with Gasteiger partial charge in [-0.2, -0.15) is 0 Å². The Balaban J connectivity index is 1.90. The number of rotatable bonds is 6. The van der Waals surface area contributed by atoms with Crippen molar-refractivity contribution in [3.8, 4) is 0 Å². The fourth-order valence-corrected chi connectivity index (χ4v) is 3.93. The van der Waals surface area contributed by atoms with Crippen LogP contribution in [0.15, 0.2) is 21.4 Å². The minimum absolute atomic E-state index is 0.0261. The second kappa shape index (κ2) is 6.57. The third-order valence-corrected chi connectivity index (χ3v) is 5.08. The summed E-state index contributed by atoms with van der Waals surface area (Å²) in [5.74, 6) is 1.39. The maximum atomic E-state index is 12.4. The first-order valence-electron chi connectivity index (χ1n) is 7.10. The van der Waals surface area contributed by atoms with Crippen molar-refractivity contribution in [2.45, 2.75) is 44.3 Å². The molecular weight excluding hydrogens is 320 g/mol. The fourth-order valence-electron chi connectivity index (χ4n) is 2.15. The van der Waals surface area contributed by atoms with E-state index in [-0.39, 0.29) is 5.56 Å². The zero-order chi connectivity index (χ0) is 15.5. The molecule has 0 radical (unpaired) electrons. The molecule has 7 nitrogen and oxygen atoms in total. The number of nitrogens with zero attached hydrogens (tertiary/aromatic N) is 6. The third kappa shape index (κ3) is 2.78. The van der Waals surface area contributed by atoms with E-state index in [4.69, 9.17) is 0 Å². The lowest BCUT2D eigenvalue weighted by molar-refractivity contribution is 0.564. The summed E-state index contributed by atoms with van der Waals surface area (Å²) in [7, 11) is 0. The van der Waals surface area contributed by atoms with Crippen LogP contribution in [0.2, 0.25) is 0 Å². The van der Waals surface area contributed by atoms with Gasteiger partial charge in [0.25, 0.3) is 5.56 Å². The molecule has 0 aliphatic heterocycles. The predicted octanol–water partition coefficient (Wildman–Crippen LogP) is 2.17. The minimum Gasteiger partial charge on any atom is -0.287 e. The van der Waals surface area contributed by atoms with Crippen LogP contribution in [0.4, 0.5) is 0 Å². The lowest BCUT2D eigenvalue weighted by Gasteiger charge is -2.09. The minimum atomic E-state index is 0.0261. The molecule has 116 valence electrons. The largest absolute Gasteiger partial charge is 0.287 e. The van der Waals surface area contributed by atoms with Gasteiger partial charge in [0.1, 0.15) is 4.70 Å². The lowest BCUT2D eigenvalue weighted by atomic mass is 10.5. The fraction of sp³-hybridized carbons (Fsp3) is 0.462. The van der Waals surface area contributed by atoms with Gasteiger partial charge in [0.2, 0.25) is 0 Å². The van der Waals surface area contributed by atoms with Gasteiger partial charge in [0, 0.05) is 13.1 Å². The Kier molecular flexibility index (Phi) is 4.53. The molecule has 3 aromatic heterocycles. The Hall–Kier alpha value is -1.74. The zero-order valence-corrected chi connectivity index (χ0v) is 14.0. The van der Waals surface area contributed by atoms with Crippen molar-refractivity contribution in [3.63, 3.8) is 0 Å². The molecular formula is C13H16N6OS2. The Morgan fingerprint density at radius 3 is 3.00 bits per heavy atom. The molecule has 0 fully saturated rings. The van der Waals surface area contributed by atoms with Gasteiger partial charge in [-0.1, -0.05) is 18.7 Å². The van der Waals surface area contributed by atoms with Crippen LogP contribution in [-0.4, -0.2) is 29.8 Å². The average Bonchev–Trinajstić information content (AvgIpc) is 3.15. The summed E-state index contributed by atoms with van der Waals surface area (Å²) >= 11 is 2.93. The summed E-state index contributed by atoms with van der Waals surface area (Å²) in [6.07, 6.45) is 0.974. The number of thioether (sulfide) groups is 1.